The molecule has 25 heavy (non-hydrogen) atoms. The van der Waals surface area contributed by atoms with Crippen LogP contribution in [0, 0.1) is 11.6 Å². The molecule has 2 aromatic rings. The van der Waals surface area contributed by atoms with Crippen LogP contribution in [0.4, 0.5) is 23.7 Å². The molecule has 0 spiro atoms. The summed E-state index contributed by atoms with van der Waals surface area (Å²) in [7, 11) is 0. The highest BCUT2D eigenvalue weighted by Gasteiger charge is 2.20. The van der Waals surface area contributed by atoms with Crippen LogP contribution in [0.1, 0.15) is 17.7 Å². The molecule has 0 saturated carbocycles. The van der Waals surface area contributed by atoms with Crippen molar-refractivity contribution in [2.24, 2.45) is 0 Å². The number of pyridine rings is 1. The Morgan fingerprint density at radius 1 is 1.24 bits per heavy atom. The normalized spacial score (nSPS) is 14.2. The summed E-state index contributed by atoms with van der Waals surface area (Å²) in [6.45, 7) is -0.217. The zero-order valence-electron chi connectivity index (χ0n) is 13.3. The average Bonchev–Trinajstić information content (AvgIpc) is 2.62. The number of amides is 2. The fourth-order valence-corrected chi connectivity index (χ4v) is 2.63. The van der Waals surface area contributed by atoms with Gasteiger partial charge >= 0.3 is 6.03 Å². The van der Waals surface area contributed by atoms with Gasteiger partial charge < -0.3 is 10.2 Å². The van der Waals surface area contributed by atoms with Crippen molar-refractivity contribution in [1.82, 2.24) is 9.88 Å². The molecule has 3 rings (SSSR count). The molecule has 1 N–H and O–H groups in total. The summed E-state index contributed by atoms with van der Waals surface area (Å²) in [5.41, 5.74) is 1.25. The van der Waals surface area contributed by atoms with Gasteiger partial charge in [0.1, 0.15) is 24.0 Å². The molecule has 1 aromatic heterocycles. The number of hydrogen-bond acceptors (Lipinski definition) is 2. The molecule has 130 valence electrons. The molecule has 4 nitrogen and oxygen atoms in total. The van der Waals surface area contributed by atoms with Crippen LogP contribution in [0.2, 0.25) is 0 Å². The molecule has 1 aromatic carbocycles. The highest BCUT2D eigenvalue weighted by atomic mass is 19.1. The molecule has 0 atom stereocenters. The number of alkyl halides is 1. The average molecular weight is 347 g/mol. The van der Waals surface area contributed by atoms with Crippen LogP contribution >= 0.6 is 0 Å². The molecule has 2 amide bonds. The van der Waals surface area contributed by atoms with E-state index in [1.54, 1.807) is 6.08 Å². The summed E-state index contributed by atoms with van der Waals surface area (Å²) in [5.74, 6) is -1.10. The Hall–Kier alpha value is -2.83. The lowest BCUT2D eigenvalue weighted by Gasteiger charge is -2.26. The van der Waals surface area contributed by atoms with Gasteiger partial charge in [-0.05, 0) is 36.3 Å². The summed E-state index contributed by atoms with van der Waals surface area (Å²) >= 11 is 0. The second kappa shape index (κ2) is 7.38. The second-order valence-corrected chi connectivity index (χ2v) is 5.63. The van der Waals surface area contributed by atoms with Crippen molar-refractivity contribution >= 4 is 17.3 Å². The maximum atomic E-state index is 13.8. The van der Waals surface area contributed by atoms with E-state index in [1.165, 1.54) is 35.4 Å². The van der Waals surface area contributed by atoms with Crippen molar-refractivity contribution in [3.8, 4) is 0 Å². The predicted octanol–water partition coefficient (Wildman–Crippen LogP) is 4.15. The molecular formula is C18H16F3N3O. The summed E-state index contributed by atoms with van der Waals surface area (Å²) in [6.07, 6.45) is 3.74. The van der Waals surface area contributed by atoms with Crippen LogP contribution in [0.25, 0.3) is 5.57 Å². The Morgan fingerprint density at radius 2 is 2.08 bits per heavy atom. The van der Waals surface area contributed by atoms with E-state index in [-0.39, 0.29) is 11.3 Å². The minimum Gasteiger partial charge on any atom is -0.320 e. The zero-order chi connectivity index (χ0) is 17.8. The Kier molecular flexibility index (Phi) is 5.02. The van der Waals surface area contributed by atoms with E-state index in [2.05, 4.69) is 10.3 Å². The minimum absolute atomic E-state index is 0.0547. The lowest BCUT2D eigenvalue weighted by Crippen LogP contribution is -2.38. The number of halogens is 3. The number of anilines is 1. The highest BCUT2D eigenvalue weighted by Crippen LogP contribution is 2.23. The number of carbonyl (C=O) groups is 1. The summed E-state index contributed by atoms with van der Waals surface area (Å²) in [5, 5.41) is 2.58. The lowest BCUT2D eigenvalue weighted by molar-refractivity contribution is 0.217. The van der Waals surface area contributed by atoms with Gasteiger partial charge in [0.25, 0.3) is 0 Å². The van der Waals surface area contributed by atoms with Gasteiger partial charge in [0.15, 0.2) is 0 Å². The van der Waals surface area contributed by atoms with Crippen LogP contribution in [0.15, 0.2) is 42.6 Å². The van der Waals surface area contributed by atoms with Crippen molar-refractivity contribution in [3.63, 3.8) is 0 Å². The Balaban J connectivity index is 1.65. The van der Waals surface area contributed by atoms with E-state index in [0.29, 0.717) is 25.2 Å². The fraction of sp³-hybridized carbons (Fsp3) is 0.222. The summed E-state index contributed by atoms with van der Waals surface area (Å²) < 4.78 is 39.8. The fourth-order valence-electron chi connectivity index (χ4n) is 2.63. The third kappa shape index (κ3) is 3.81. The molecule has 0 bridgehead atoms. The van der Waals surface area contributed by atoms with Gasteiger partial charge in [-0.3, -0.25) is 4.98 Å². The maximum Gasteiger partial charge on any atom is 0.322 e. The standard InChI is InChI=1S/C18H16F3N3O/c19-11-13-3-4-14(10-16(13)21)23-18(25)24-8-5-12(6-9-24)17-15(20)2-1-7-22-17/h1-5,7,10H,6,8-9,11H2,(H,23,25). The maximum absolute atomic E-state index is 13.8. The first-order chi connectivity index (χ1) is 12.1. The molecular weight excluding hydrogens is 331 g/mol. The minimum atomic E-state index is -0.899. The largest absolute Gasteiger partial charge is 0.322 e. The van der Waals surface area contributed by atoms with Crippen LogP contribution in [-0.4, -0.2) is 29.0 Å². The third-order valence-electron chi connectivity index (χ3n) is 4.01. The molecule has 0 aliphatic carbocycles. The molecule has 7 heteroatoms. The van der Waals surface area contributed by atoms with Crippen molar-refractivity contribution in [1.29, 1.82) is 0 Å². The zero-order valence-corrected chi connectivity index (χ0v) is 13.3. The van der Waals surface area contributed by atoms with Crippen molar-refractivity contribution in [2.45, 2.75) is 13.1 Å². The Morgan fingerprint density at radius 3 is 2.72 bits per heavy atom. The van der Waals surface area contributed by atoms with Crippen molar-refractivity contribution < 1.29 is 18.0 Å². The Bertz CT molecular complexity index is 823. The van der Waals surface area contributed by atoms with Gasteiger partial charge in [0, 0.05) is 30.5 Å². The van der Waals surface area contributed by atoms with E-state index in [1.807, 2.05) is 0 Å². The van der Waals surface area contributed by atoms with Crippen LogP contribution in [0.3, 0.4) is 0 Å². The molecule has 0 fully saturated rings. The summed E-state index contributed by atoms with van der Waals surface area (Å²) in [4.78, 5) is 17.8. The van der Waals surface area contributed by atoms with E-state index in [0.717, 1.165) is 11.6 Å². The molecule has 0 radical (unpaired) electrons. The first kappa shape index (κ1) is 17.0. The monoisotopic (exact) mass is 347 g/mol. The van der Waals surface area contributed by atoms with E-state index in [4.69, 9.17) is 0 Å². The van der Waals surface area contributed by atoms with Gasteiger partial charge in [-0.1, -0.05) is 12.1 Å². The lowest BCUT2D eigenvalue weighted by atomic mass is 10.0. The van der Waals surface area contributed by atoms with Gasteiger partial charge in [-0.15, -0.1) is 0 Å². The third-order valence-corrected chi connectivity index (χ3v) is 4.01. The molecule has 1 aliphatic rings. The molecule has 2 heterocycles. The van der Waals surface area contributed by atoms with Gasteiger partial charge in [0.2, 0.25) is 0 Å². The number of nitrogens with one attached hydrogen (secondary N) is 1. The number of hydrogen-bond donors (Lipinski definition) is 1. The second-order valence-electron chi connectivity index (χ2n) is 5.63. The number of urea groups is 1. The van der Waals surface area contributed by atoms with Crippen molar-refractivity contribution in [3.05, 3.63) is 65.5 Å². The van der Waals surface area contributed by atoms with Crippen LogP contribution in [-0.2, 0) is 6.67 Å². The number of rotatable bonds is 3. The first-order valence-electron chi connectivity index (χ1n) is 7.78. The quantitative estimate of drug-likeness (QED) is 0.907. The number of benzene rings is 1. The SMILES string of the molecule is O=C(Nc1ccc(CF)c(F)c1)N1CC=C(c2ncccc2F)CC1. The van der Waals surface area contributed by atoms with Gasteiger partial charge in [-0.25, -0.2) is 18.0 Å². The topological polar surface area (TPSA) is 45.2 Å². The van der Waals surface area contributed by atoms with Crippen LogP contribution < -0.4 is 5.32 Å². The van der Waals surface area contributed by atoms with Gasteiger partial charge in [-0.2, -0.15) is 0 Å². The molecule has 1 aliphatic heterocycles. The highest BCUT2D eigenvalue weighted by molar-refractivity contribution is 5.90. The van der Waals surface area contributed by atoms with Crippen molar-refractivity contribution in [2.75, 3.05) is 18.4 Å². The smallest absolute Gasteiger partial charge is 0.320 e. The predicted molar refractivity (Wildman–Crippen MR) is 88.6 cm³/mol. The van der Waals surface area contributed by atoms with Crippen LogP contribution in [0.5, 0.6) is 0 Å². The Labute approximate surface area is 143 Å². The molecule has 0 saturated heterocycles. The number of aromatic nitrogens is 1. The van der Waals surface area contributed by atoms with E-state index < -0.39 is 24.3 Å². The van der Waals surface area contributed by atoms with E-state index in [9.17, 15) is 18.0 Å². The summed E-state index contributed by atoms with van der Waals surface area (Å²) in [6, 6.07) is 6.30. The van der Waals surface area contributed by atoms with E-state index >= 15 is 0 Å². The number of nitrogens with zero attached hydrogens (tertiary/aromatic N) is 2. The number of carbonyl (C=O) groups excluding carboxylic acids is 1. The first-order valence-corrected chi connectivity index (χ1v) is 7.78. The van der Waals surface area contributed by atoms with Gasteiger partial charge in [0.05, 0.1) is 0 Å². The molecule has 0 unspecified atom stereocenters.